The molecular formula is C31H42FN5O2S. The number of carbonyl (C=O) groups is 1. The normalized spacial score (nSPS) is 21.3. The smallest absolute Gasteiger partial charge is 0.219 e. The molecule has 0 saturated carbocycles. The maximum atomic E-state index is 14.3. The molecule has 0 aliphatic carbocycles. The minimum atomic E-state index is -3.22. The van der Waals surface area contributed by atoms with Crippen molar-refractivity contribution in [2.75, 3.05) is 26.2 Å². The van der Waals surface area contributed by atoms with E-state index in [1.807, 2.05) is 21.9 Å². The number of likely N-dealkylation sites (tertiary alicyclic amines) is 2. The average Bonchev–Trinajstić information content (AvgIpc) is 3.54. The zero-order valence-corrected chi connectivity index (χ0v) is 25.1. The lowest BCUT2D eigenvalue weighted by Gasteiger charge is -2.38. The van der Waals surface area contributed by atoms with Crippen LogP contribution < -0.4 is 0 Å². The zero-order chi connectivity index (χ0) is 28.8. The van der Waals surface area contributed by atoms with Gasteiger partial charge < -0.3 is 14.4 Å². The monoisotopic (exact) mass is 567 g/mol. The molecule has 1 N–H and O–H groups in total. The van der Waals surface area contributed by atoms with Gasteiger partial charge in [0.15, 0.2) is 0 Å². The van der Waals surface area contributed by atoms with Crippen LogP contribution in [0.1, 0.15) is 58.1 Å². The third-order valence-electron chi connectivity index (χ3n) is 9.22. The second-order valence-corrected chi connectivity index (χ2v) is 14.7. The second-order valence-electron chi connectivity index (χ2n) is 12.1. The van der Waals surface area contributed by atoms with E-state index in [1.165, 1.54) is 17.7 Å². The van der Waals surface area contributed by atoms with E-state index in [0.29, 0.717) is 23.6 Å². The van der Waals surface area contributed by atoms with Gasteiger partial charge in [-0.1, -0.05) is 0 Å². The van der Waals surface area contributed by atoms with Crippen LogP contribution in [0.15, 0.2) is 41.7 Å². The number of pyridine rings is 1. The van der Waals surface area contributed by atoms with Crippen LogP contribution in [-0.2, 0) is 20.9 Å². The lowest BCUT2D eigenvalue weighted by atomic mass is 9.89. The van der Waals surface area contributed by atoms with Crippen LogP contribution in [0, 0.1) is 29.4 Å². The molecule has 2 aromatic heterocycles. The number of fused-ring (bicyclic) bond motifs is 1. The van der Waals surface area contributed by atoms with Crippen molar-refractivity contribution in [1.82, 2.24) is 19.4 Å². The molecule has 3 atom stereocenters. The summed E-state index contributed by atoms with van der Waals surface area (Å²) in [5.41, 5.74) is 3.76. The van der Waals surface area contributed by atoms with Gasteiger partial charge in [0.1, 0.15) is 5.82 Å². The molecule has 2 fully saturated rings. The van der Waals surface area contributed by atoms with Crippen LogP contribution in [0.2, 0.25) is 0 Å². The average molecular weight is 568 g/mol. The summed E-state index contributed by atoms with van der Waals surface area (Å²) >= 11 is 0. The number of carbonyl (C=O) groups excluding carboxylic acids is 1. The molecule has 2 aliphatic rings. The van der Waals surface area contributed by atoms with Crippen molar-refractivity contribution in [3.8, 4) is 5.69 Å². The number of benzene rings is 1. The van der Waals surface area contributed by atoms with Gasteiger partial charge in [0, 0.05) is 55.6 Å². The molecule has 0 radical (unpaired) electrons. The lowest BCUT2D eigenvalue weighted by Crippen LogP contribution is -2.44. The van der Waals surface area contributed by atoms with E-state index in [1.54, 1.807) is 26.8 Å². The molecule has 1 unspecified atom stereocenters. The summed E-state index contributed by atoms with van der Waals surface area (Å²) in [6.07, 6.45) is 9.96. The lowest BCUT2D eigenvalue weighted by molar-refractivity contribution is -0.130. The van der Waals surface area contributed by atoms with Gasteiger partial charge in [0.2, 0.25) is 5.91 Å². The summed E-state index contributed by atoms with van der Waals surface area (Å²) in [6.45, 7) is 13.4. The topological polar surface area (TPSA) is 82.3 Å². The van der Waals surface area contributed by atoms with E-state index in [-0.39, 0.29) is 10.8 Å². The van der Waals surface area contributed by atoms with Crippen LogP contribution in [0.5, 0.6) is 0 Å². The molecule has 1 aromatic carbocycles. The number of nitrogens with zero attached hydrogens (tertiary/aromatic N) is 4. The Morgan fingerprint density at radius 2 is 1.88 bits per heavy atom. The molecule has 2 saturated heterocycles. The fraction of sp³-hybridized carbons (Fsp3) is 0.548. The van der Waals surface area contributed by atoms with Gasteiger partial charge in [-0.15, -0.1) is 0 Å². The Kier molecular flexibility index (Phi) is 8.08. The maximum Gasteiger partial charge on any atom is 0.219 e. The Bertz CT molecular complexity index is 1510. The highest BCUT2D eigenvalue weighted by molar-refractivity contribution is 7.93. The summed E-state index contributed by atoms with van der Waals surface area (Å²) in [5, 5.41) is 0.685. The Hall–Kier alpha value is -2.78. The van der Waals surface area contributed by atoms with Crippen molar-refractivity contribution in [1.29, 1.82) is 4.78 Å². The molecule has 0 spiro atoms. The van der Waals surface area contributed by atoms with Crippen molar-refractivity contribution < 1.29 is 13.4 Å². The van der Waals surface area contributed by atoms with Crippen LogP contribution >= 0.6 is 0 Å². The first-order valence-electron chi connectivity index (χ1n) is 14.5. The van der Waals surface area contributed by atoms with Crippen molar-refractivity contribution in [2.45, 2.75) is 76.5 Å². The Balaban J connectivity index is 1.41. The summed E-state index contributed by atoms with van der Waals surface area (Å²) in [7, 11) is -3.22. The van der Waals surface area contributed by atoms with Crippen LogP contribution in [0.25, 0.3) is 16.6 Å². The molecule has 3 aromatic rings. The minimum absolute atomic E-state index is 0.180. The number of nitrogens with one attached hydrogen (secondary N) is 1. The molecule has 2 aliphatic heterocycles. The summed E-state index contributed by atoms with van der Waals surface area (Å²) in [4.78, 5) is 21.0. The standard InChI is InChI=1S/C31H42FN5O2S/c1-20(2)40(33,39)30-15-27(32)6-7-28(30)37-19-26(31-21(3)16-34-17-29(31)37)14-24-8-11-36(18-24)22(4)25-9-12-35(13-10-25)23(5)38/h6-7,15-17,19-20,22,24-25,33H,8-14,18H2,1-5H3/t22-,24-,40?/m0/s1. The van der Waals surface area contributed by atoms with Gasteiger partial charge in [-0.25, -0.2) is 13.4 Å². The number of hydrogen-bond donors (Lipinski definition) is 1. The van der Waals surface area contributed by atoms with E-state index in [0.717, 1.165) is 68.3 Å². The van der Waals surface area contributed by atoms with Crippen LogP contribution in [0.4, 0.5) is 4.39 Å². The predicted octanol–water partition coefficient (Wildman–Crippen LogP) is 5.80. The van der Waals surface area contributed by atoms with Gasteiger partial charge in [-0.2, -0.15) is 0 Å². The number of amides is 1. The van der Waals surface area contributed by atoms with Gasteiger partial charge in [-0.05, 0) is 101 Å². The van der Waals surface area contributed by atoms with Crippen molar-refractivity contribution in [2.24, 2.45) is 11.8 Å². The molecule has 7 nitrogen and oxygen atoms in total. The van der Waals surface area contributed by atoms with Gasteiger partial charge in [0.05, 0.1) is 32.0 Å². The van der Waals surface area contributed by atoms with Crippen molar-refractivity contribution in [3.63, 3.8) is 0 Å². The summed E-state index contributed by atoms with van der Waals surface area (Å²) in [6, 6.07) is 4.77. The molecule has 216 valence electrons. The number of rotatable bonds is 7. The number of aromatic nitrogens is 2. The van der Waals surface area contributed by atoms with E-state index < -0.39 is 20.8 Å². The van der Waals surface area contributed by atoms with Gasteiger partial charge in [-0.3, -0.25) is 9.78 Å². The first-order valence-corrected chi connectivity index (χ1v) is 16.1. The number of hydrogen-bond acceptors (Lipinski definition) is 5. The third-order valence-corrected chi connectivity index (χ3v) is 11.5. The van der Waals surface area contributed by atoms with Gasteiger partial charge >= 0.3 is 0 Å². The Labute approximate surface area is 237 Å². The summed E-state index contributed by atoms with van der Waals surface area (Å²) in [5.74, 6) is 0.814. The maximum absolute atomic E-state index is 14.3. The third kappa shape index (κ3) is 5.42. The molecular weight excluding hydrogens is 525 g/mol. The first kappa shape index (κ1) is 28.7. The number of piperidine rings is 1. The SMILES string of the molecule is CC(=O)N1CCC([C@H](C)N2CC[C@@H](Cc3cn(-c4ccc(F)cc4S(=N)(=O)C(C)C)c4cncc(C)c34)C2)CC1. The van der Waals surface area contributed by atoms with E-state index in [4.69, 9.17) is 4.78 Å². The Morgan fingerprint density at radius 1 is 1.15 bits per heavy atom. The first-order chi connectivity index (χ1) is 19.0. The van der Waals surface area contributed by atoms with E-state index >= 15 is 0 Å². The molecule has 4 heterocycles. The number of halogens is 1. The quantitative estimate of drug-likeness (QED) is 0.391. The Morgan fingerprint density at radius 3 is 2.55 bits per heavy atom. The second kappa shape index (κ2) is 11.2. The van der Waals surface area contributed by atoms with Crippen molar-refractivity contribution in [3.05, 3.63) is 53.7 Å². The highest BCUT2D eigenvalue weighted by atomic mass is 32.2. The minimum Gasteiger partial charge on any atom is -0.343 e. The fourth-order valence-corrected chi connectivity index (χ4v) is 7.96. The molecule has 40 heavy (non-hydrogen) atoms. The molecule has 0 bridgehead atoms. The summed E-state index contributed by atoms with van der Waals surface area (Å²) < 4.78 is 38.4. The highest BCUT2D eigenvalue weighted by Gasteiger charge is 2.33. The van der Waals surface area contributed by atoms with Crippen molar-refractivity contribution >= 4 is 26.5 Å². The predicted molar refractivity (Wildman–Crippen MR) is 158 cm³/mol. The van der Waals surface area contributed by atoms with Crippen LogP contribution in [0.3, 0.4) is 0 Å². The molecule has 5 rings (SSSR count). The highest BCUT2D eigenvalue weighted by Crippen LogP contribution is 2.35. The van der Waals surface area contributed by atoms with E-state index in [2.05, 4.69) is 29.9 Å². The van der Waals surface area contributed by atoms with E-state index in [9.17, 15) is 13.4 Å². The zero-order valence-electron chi connectivity index (χ0n) is 24.3. The van der Waals surface area contributed by atoms with Crippen LogP contribution in [-0.4, -0.2) is 66.9 Å². The largest absolute Gasteiger partial charge is 0.343 e. The fourth-order valence-electron chi connectivity index (χ4n) is 6.68. The molecule has 1 amide bonds. The van der Waals surface area contributed by atoms with Gasteiger partial charge in [0.25, 0.3) is 0 Å². The number of aryl methyl sites for hydroxylation is 1. The molecule has 9 heteroatoms.